The minimum atomic E-state index is 0.887. The van der Waals surface area contributed by atoms with Gasteiger partial charge in [-0.1, -0.05) is 36.4 Å². The molecule has 0 bridgehead atoms. The summed E-state index contributed by atoms with van der Waals surface area (Å²) in [7, 11) is 1.88. The van der Waals surface area contributed by atoms with Crippen LogP contribution in [0.5, 0.6) is 0 Å². The molecule has 0 radical (unpaired) electrons. The first-order chi connectivity index (χ1) is 12.9. The molecule has 2 aliphatic heterocycles. The monoisotopic (exact) mass is 356 g/mol. The normalized spacial score (nSPS) is 19.3. The number of guanidine groups is 1. The number of rotatable bonds is 6. The molecular weight excluding hydrogens is 324 g/mol. The van der Waals surface area contributed by atoms with Gasteiger partial charge in [-0.2, -0.15) is 0 Å². The Morgan fingerprint density at radius 3 is 2.62 bits per heavy atom. The molecular formula is C21H32N4O. The highest BCUT2D eigenvalue weighted by Gasteiger charge is 2.16. The summed E-state index contributed by atoms with van der Waals surface area (Å²) in [6.07, 6.45) is 5.81. The molecule has 1 aromatic carbocycles. The van der Waals surface area contributed by atoms with Gasteiger partial charge in [0, 0.05) is 39.8 Å². The zero-order valence-corrected chi connectivity index (χ0v) is 16.0. The number of aliphatic imine (C=N–C) groups is 1. The molecule has 0 unspecified atom stereocenters. The molecule has 5 heteroatoms. The number of nitrogens with zero attached hydrogens (tertiary/aromatic N) is 3. The molecule has 0 amide bonds. The number of hydrogen-bond acceptors (Lipinski definition) is 3. The highest BCUT2D eigenvalue weighted by molar-refractivity contribution is 5.81. The number of ether oxygens (including phenoxy) is 1. The van der Waals surface area contributed by atoms with Crippen LogP contribution in [0, 0.1) is 0 Å². The second-order valence-electron chi connectivity index (χ2n) is 6.93. The van der Waals surface area contributed by atoms with Gasteiger partial charge in [0.1, 0.15) is 0 Å². The van der Waals surface area contributed by atoms with E-state index in [-0.39, 0.29) is 0 Å². The summed E-state index contributed by atoms with van der Waals surface area (Å²) in [6, 6.07) is 10.7. The summed E-state index contributed by atoms with van der Waals surface area (Å²) in [4.78, 5) is 9.31. The SMILES string of the molecule is CN=C(NCCCCN1CCOCC1)N1CC=C(c2ccccc2)CC1. The van der Waals surface area contributed by atoms with Crippen LogP contribution in [0.4, 0.5) is 0 Å². The molecule has 0 aromatic heterocycles. The van der Waals surface area contributed by atoms with E-state index in [0.29, 0.717) is 0 Å². The van der Waals surface area contributed by atoms with Gasteiger partial charge in [0.05, 0.1) is 13.2 Å². The fourth-order valence-corrected chi connectivity index (χ4v) is 3.59. The Morgan fingerprint density at radius 1 is 1.12 bits per heavy atom. The quantitative estimate of drug-likeness (QED) is 0.483. The lowest BCUT2D eigenvalue weighted by atomic mass is 10.00. The molecule has 26 heavy (non-hydrogen) atoms. The third kappa shape index (κ3) is 5.58. The Morgan fingerprint density at radius 2 is 1.92 bits per heavy atom. The third-order valence-corrected chi connectivity index (χ3v) is 5.15. The van der Waals surface area contributed by atoms with Crippen LogP contribution in [-0.4, -0.2) is 75.3 Å². The summed E-state index contributed by atoms with van der Waals surface area (Å²) < 4.78 is 5.40. The molecule has 1 N–H and O–H groups in total. The van der Waals surface area contributed by atoms with E-state index in [1.165, 1.54) is 30.5 Å². The Balaban J connectivity index is 1.37. The number of nitrogens with one attached hydrogen (secondary N) is 1. The van der Waals surface area contributed by atoms with Crippen LogP contribution in [0.2, 0.25) is 0 Å². The number of unbranched alkanes of at least 4 members (excludes halogenated alkanes) is 1. The van der Waals surface area contributed by atoms with E-state index >= 15 is 0 Å². The second-order valence-corrected chi connectivity index (χ2v) is 6.93. The lowest BCUT2D eigenvalue weighted by molar-refractivity contribution is 0.0372. The molecule has 3 rings (SSSR count). The molecule has 0 aliphatic carbocycles. The molecule has 0 atom stereocenters. The number of hydrogen-bond donors (Lipinski definition) is 1. The predicted octanol–water partition coefficient (Wildman–Crippen LogP) is 2.46. The van der Waals surface area contributed by atoms with Gasteiger partial charge in [0.15, 0.2) is 5.96 Å². The van der Waals surface area contributed by atoms with Gasteiger partial charge in [-0.05, 0) is 36.9 Å². The smallest absolute Gasteiger partial charge is 0.193 e. The lowest BCUT2D eigenvalue weighted by Gasteiger charge is -2.30. The minimum Gasteiger partial charge on any atom is -0.379 e. The van der Waals surface area contributed by atoms with Crippen molar-refractivity contribution < 1.29 is 4.74 Å². The van der Waals surface area contributed by atoms with Gasteiger partial charge in [0.25, 0.3) is 0 Å². The first-order valence-electron chi connectivity index (χ1n) is 9.87. The predicted molar refractivity (Wildman–Crippen MR) is 108 cm³/mol. The van der Waals surface area contributed by atoms with Crippen LogP contribution in [-0.2, 0) is 4.74 Å². The van der Waals surface area contributed by atoms with Gasteiger partial charge < -0.3 is 15.0 Å². The maximum atomic E-state index is 5.40. The van der Waals surface area contributed by atoms with E-state index in [1.54, 1.807) is 0 Å². The summed E-state index contributed by atoms with van der Waals surface area (Å²) in [5.74, 6) is 1.03. The molecule has 1 fully saturated rings. The molecule has 1 saturated heterocycles. The van der Waals surface area contributed by atoms with Gasteiger partial charge in [0.2, 0.25) is 0 Å². The van der Waals surface area contributed by atoms with E-state index in [0.717, 1.165) is 58.3 Å². The largest absolute Gasteiger partial charge is 0.379 e. The van der Waals surface area contributed by atoms with Crippen LogP contribution in [0.3, 0.4) is 0 Å². The van der Waals surface area contributed by atoms with Crippen molar-refractivity contribution in [1.29, 1.82) is 0 Å². The average molecular weight is 357 g/mol. The summed E-state index contributed by atoms with van der Waals surface area (Å²) >= 11 is 0. The average Bonchev–Trinajstić information content (AvgIpc) is 2.72. The van der Waals surface area contributed by atoms with Crippen LogP contribution < -0.4 is 5.32 Å². The zero-order chi connectivity index (χ0) is 18.0. The third-order valence-electron chi connectivity index (χ3n) is 5.15. The van der Waals surface area contributed by atoms with Crippen molar-refractivity contribution >= 4 is 11.5 Å². The fraction of sp³-hybridized carbons (Fsp3) is 0.571. The molecule has 2 aliphatic rings. The van der Waals surface area contributed by atoms with Crippen molar-refractivity contribution in [3.8, 4) is 0 Å². The first kappa shape index (κ1) is 18.9. The fourth-order valence-electron chi connectivity index (χ4n) is 3.59. The molecule has 1 aromatic rings. The van der Waals surface area contributed by atoms with Crippen LogP contribution in [0.1, 0.15) is 24.8 Å². The van der Waals surface area contributed by atoms with E-state index in [2.05, 4.69) is 56.5 Å². The van der Waals surface area contributed by atoms with E-state index in [4.69, 9.17) is 4.74 Å². The first-order valence-corrected chi connectivity index (χ1v) is 9.87. The second kappa shape index (κ2) is 10.3. The Labute approximate surface area is 157 Å². The Bertz CT molecular complexity index is 593. The summed E-state index contributed by atoms with van der Waals surface area (Å²) in [5.41, 5.74) is 2.79. The lowest BCUT2D eigenvalue weighted by Crippen LogP contribution is -2.44. The van der Waals surface area contributed by atoms with Crippen molar-refractivity contribution in [3.63, 3.8) is 0 Å². The summed E-state index contributed by atoms with van der Waals surface area (Å²) in [5, 5.41) is 3.53. The van der Waals surface area contributed by atoms with Gasteiger partial charge in [-0.3, -0.25) is 9.89 Å². The van der Waals surface area contributed by atoms with Crippen molar-refractivity contribution in [3.05, 3.63) is 42.0 Å². The summed E-state index contributed by atoms with van der Waals surface area (Å²) in [6.45, 7) is 8.06. The maximum absolute atomic E-state index is 5.40. The molecule has 142 valence electrons. The number of benzene rings is 1. The zero-order valence-electron chi connectivity index (χ0n) is 16.0. The Hall–Kier alpha value is -1.85. The van der Waals surface area contributed by atoms with Gasteiger partial charge in [-0.25, -0.2) is 0 Å². The molecule has 0 saturated carbocycles. The van der Waals surface area contributed by atoms with E-state index < -0.39 is 0 Å². The van der Waals surface area contributed by atoms with Crippen molar-refractivity contribution in [2.45, 2.75) is 19.3 Å². The minimum absolute atomic E-state index is 0.887. The standard InChI is InChI=1S/C21H32N4O/c1-22-21(23-11-5-6-12-24-15-17-26-18-16-24)25-13-9-20(10-14-25)19-7-3-2-4-8-19/h2-4,7-9H,5-6,10-18H2,1H3,(H,22,23). The van der Waals surface area contributed by atoms with Crippen molar-refractivity contribution in [2.24, 2.45) is 4.99 Å². The van der Waals surface area contributed by atoms with Crippen LogP contribution in [0.25, 0.3) is 5.57 Å². The van der Waals surface area contributed by atoms with E-state index in [1.807, 2.05) is 7.05 Å². The molecule has 0 spiro atoms. The van der Waals surface area contributed by atoms with Crippen molar-refractivity contribution in [2.75, 3.05) is 59.5 Å². The molecule has 2 heterocycles. The van der Waals surface area contributed by atoms with Crippen molar-refractivity contribution in [1.82, 2.24) is 15.1 Å². The maximum Gasteiger partial charge on any atom is 0.193 e. The van der Waals surface area contributed by atoms with Gasteiger partial charge in [-0.15, -0.1) is 0 Å². The van der Waals surface area contributed by atoms with Crippen LogP contribution >= 0.6 is 0 Å². The molecule has 5 nitrogen and oxygen atoms in total. The highest BCUT2D eigenvalue weighted by atomic mass is 16.5. The van der Waals surface area contributed by atoms with Gasteiger partial charge >= 0.3 is 0 Å². The van der Waals surface area contributed by atoms with Crippen LogP contribution in [0.15, 0.2) is 41.4 Å². The topological polar surface area (TPSA) is 40.1 Å². The Kier molecular flexibility index (Phi) is 7.52. The highest BCUT2D eigenvalue weighted by Crippen LogP contribution is 2.21. The van der Waals surface area contributed by atoms with E-state index in [9.17, 15) is 0 Å². The number of morpholine rings is 1.